The second-order valence-electron chi connectivity index (χ2n) is 3.47. The second kappa shape index (κ2) is 5.65. The lowest BCUT2D eigenvalue weighted by molar-refractivity contribution is -0.385. The van der Waals surface area contributed by atoms with Gasteiger partial charge in [-0.2, -0.15) is 0 Å². The van der Waals surface area contributed by atoms with E-state index in [0.29, 0.717) is 12.0 Å². The molecule has 0 fully saturated rings. The van der Waals surface area contributed by atoms with Gasteiger partial charge in [0.15, 0.2) is 0 Å². The molecule has 0 saturated heterocycles. The molecule has 1 aromatic carbocycles. The molecule has 8 heteroatoms. The number of hydrogen-bond acceptors (Lipinski definition) is 4. The Bertz CT molecular complexity index is 537. The molecule has 1 atom stereocenters. The van der Waals surface area contributed by atoms with Gasteiger partial charge in [-0.15, -0.1) is 0 Å². The number of nitrogens with zero attached hydrogens (tertiary/aromatic N) is 4. The summed E-state index contributed by atoms with van der Waals surface area (Å²) in [7, 11) is 0. The van der Waals surface area contributed by atoms with E-state index < -0.39 is 22.6 Å². The molecule has 0 aliphatic heterocycles. The van der Waals surface area contributed by atoms with Crippen molar-refractivity contribution in [3.8, 4) is 0 Å². The first-order valence-corrected chi connectivity index (χ1v) is 5.07. The molecule has 94 valence electrons. The van der Waals surface area contributed by atoms with Crippen molar-refractivity contribution in [1.29, 1.82) is 0 Å². The molecule has 0 unspecified atom stereocenters. The van der Waals surface area contributed by atoms with Crippen molar-refractivity contribution in [3.63, 3.8) is 0 Å². The maximum Gasteiger partial charge on any atom is 0.342 e. The van der Waals surface area contributed by atoms with Crippen LogP contribution in [0.25, 0.3) is 10.4 Å². The van der Waals surface area contributed by atoms with E-state index >= 15 is 0 Å². The normalized spacial score (nSPS) is 11.4. The fourth-order valence-electron chi connectivity index (χ4n) is 1.53. The summed E-state index contributed by atoms with van der Waals surface area (Å²) in [5.41, 5.74) is 7.91. The maximum absolute atomic E-state index is 10.8. The number of rotatable bonds is 5. The standard InChI is InChI=1S/C10H10N4O4/c1-2-8(12-13-11)6-3-4-7(10(15)16)9(5-6)14(17)18/h3-5,8H,2H2,1H3,(H,15,16)/t8-/m1/s1. The van der Waals surface area contributed by atoms with Gasteiger partial charge in [-0.3, -0.25) is 10.1 Å². The van der Waals surface area contributed by atoms with Gasteiger partial charge < -0.3 is 5.11 Å². The van der Waals surface area contributed by atoms with Crippen LogP contribution in [0.2, 0.25) is 0 Å². The lowest BCUT2D eigenvalue weighted by atomic mass is 10.0. The van der Waals surface area contributed by atoms with Crippen molar-refractivity contribution in [2.24, 2.45) is 5.11 Å². The van der Waals surface area contributed by atoms with E-state index in [4.69, 9.17) is 10.6 Å². The average Bonchev–Trinajstić information content (AvgIpc) is 2.35. The predicted molar refractivity (Wildman–Crippen MR) is 62.2 cm³/mol. The topological polar surface area (TPSA) is 129 Å². The SMILES string of the molecule is CC[C@@H](N=[N+]=[N-])c1ccc(C(=O)O)c([N+](=O)[O-])c1. The van der Waals surface area contributed by atoms with Crippen molar-refractivity contribution in [1.82, 2.24) is 0 Å². The molecule has 0 aliphatic carbocycles. The molecule has 18 heavy (non-hydrogen) atoms. The van der Waals surface area contributed by atoms with Crippen molar-refractivity contribution < 1.29 is 14.8 Å². The molecular weight excluding hydrogens is 240 g/mol. The van der Waals surface area contributed by atoms with Gasteiger partial charge >= 0.3 is 5.97 Å². The average molecular weight is 250 g/mol. The minimum absolute atomic E-state index is 0.389. The van der Waals surface area contributed by atoms with Gasteiger partial charge in [-0.05, 0) is 23.6 Å². The zero-order valence-corrected chi connectivity index (χ0v) is 9.48. The molecule has 1 N–H and O–H groups in total. The molecule has 0 aliphatic rings. The van der Waals surface area contributed by atoms with E-state index in [1.165, 1.54) is 6.07 Å². The number of nitro groups is 1. The van der Waals surface area contributed by atoms with Crippen LogP contribution >= 0.6 is 0 Å². The summed E-state index contributed by atoms with van der Waals surface area (Å²) in [4.78, 5) is 23.5. The van der Waals surface area contributed by atoms with Crippen molar-refractivity contribution in [2.45, 2.75) is 19.4 Å². The van der Waals surface area contributed by atoms with E-state index in [2.05, 4.69) is 10.0 Å². The highest BCUT2D eigenvalue weighted by atomic mass is 16.6. The van der Waals surface area contributed by atoms with Gasteiger partial charge in [0, 0.05) is 11.0 Å². The lowest BCUT2D eigenvalue weighted by Gasteiger charge is -2.08. The summed E-state index contributed by atoms with van der Waals surface area (Å²) in [6.07, 6.45) is 0.466. The number of carboxylic acid groups (broad SMARTS) is 1. The van der Waals surface area contributed by atoms with Gasteiger partial charge in [0.05, 0.1) is 11.0 Å². The molecule has 1 rings (SSSR count). The highest BCUT2D eigenvalue weighted by Gasteiger charge is 2.21. The molecule has 0 amide bonds. The zero-order chi connectivity index (χ0) is 13.7. The van der Waals surface area contributed by atoms with Crippen LogP contribution < -0.4 is 0 Å². The molecule has 0 radical (unpaired) electrons. The molecule has 0 aromatic heterocycles. The predicted octanol–water partition coefficient (Wildman–Crippen LogP) is 3.05. The molecule has 0 heterocycles. The van der Waals surface area contributed by atoms with E-state index in [0.717, 1.165) is 12.1 Å². The Morgan fingerprint density at radius 1 is 1.67 bits per heavy atom. The maximum atomic E-state index is 10.8. The van der Waals surface area contributed by atoms with E-state index in [1.807, 2.05) is 0 Å². The number of hydrogen-bond donors (Lipinski definition) is 1. The Morgan fingerprint density at radius 2 is 2.33 bits per heavy atom. The summed E-state index contributed by atoms with van der Waals surface area (Å²) in [5.74, 6) is -1.37. The van der Waals surface area contributed by atoms with E-state index in [-0.39, 0.29) is 5.56 Å². The van der Waals surface area contributed by atoms with Crippen LogP contribution in [0, 0.1) is 10.1 Å². The van der Waals surface area contributed by atoms with Crippen molar-refractivity contribution in [3.05, 3.63) is 49.9 Å². The Labute approximate surface area is 102 Å². The van der Waals surface area contributed by atoms with Crippen LogP contribution in [-0.2, 0) is 0 Å². The van der Waals surface area contributed by atoms with Gasteiger partial charge in [0.25, 0.3) is 5.69 Å². The minimum atomic E-state index is -1.37. The first-order valence-electron chi connectivity index (χ1n) is 5.07. The largest absolute Gasteiger partial charge is 0.477 e. The summed E-state index contributed by atoms with van der Waals surface area (Å²) in [5, 5.41) is 23.1. The first-order chi connectivity index (χ1) is 8.51. The Balaban J connectivity index is 3.34. The van der Waals surface area contributed by atoms with Crippen molar-refractivity contribution in [2.75, 3.05) is 0 Å². The Kier molecular flexibility index (Phi) is 4.22. The summed E-state index contributed by atoms with van der Waals surface area (Å²) < 4.78 is 0. The van der Waals surface area contributed by atoms with Crippen LogP contribution in [0.3, 0.4) is 0 Å². The third-order valence-corrected chi connectivity index (χ3v) is 2.41. The quantitative estimate of drug-likeness (QED) is 0.283. The lowest BCUT2D eigenvalue weighted by Crippen LogP contribution is -2.04. The number of benzene rings is 1. The smallest absolute Gasteiger partial charge is 0.342 e. The fraction of sp³-hybridized carbons (Fsp3) is 0.300. The molecule has 1 aromatic rings. The first kappa shape index (κ1) is 13.5. The third kappa shape index (κ3) is 2.74. The van der Waals surface area contributed by atoms with E-state index in [1.54, 1.807) is 6.92 Å². The second-order valence-corrected chi connectivity index (χ2v) is 3.47. The monoisotopic (exact) mass is 250 g/mol. The van der Waals surface area contributed by atoms with Gasteiger partial charge in [0.2, 0.25) is 0 Å². The summed E-state index contributed by atoms with van der Waals surface area (Å²) in [6, 6.07) is 3.15. The molecule has 8 nitrogen and oxygen atoms in total. The Hall–Kier alpha value is -2.60. The highest BCUT2D eigenvalue weighted by Crippen LogP contribution is 2.27. The van der Waals surface area contributed by atoms with E-state index in [9.17, 15) is 14.9 Å². The van der Waals surface area contributed by atoms with Crippen LogP contribution in [0.4, 0.5) is 5.69 Å². The van der Waals surface area contributed by atoms with Crippen LogP contribution in [-0.4, -0.2) is 16.0 Å². The van der Waals surface area contributed by atoms with Gasteiger partial charge in [-0.25, -0.2) is 4.79 Å². The molecular formula is C10H10N4O4. The zero-order valence-electron chi connectivity index (χ0n) is 9.48. The fourth-order valence-corrected chi connectivity index (χ4v) is 1.53. The number of azide groups is 1. The highest BCUT2D eigenvalue weighted by molar-refractivity contribution is 5.92. The van der Waals surface area contributed by atoms with Crippen molar-refractivity contribution >= 4 is 11.7 Å². The number of carbonyl (C=O) groups is 1. The summed E-state index contributed by atoms with van der Waals surface area (Å²) in [6.45, 7) is 1.76. The Morgan fingerprint density at radius 3 is 2.78 bits per heavy atom. The number of carboxylic acids is 1. The van der Waals surface area contributed by atoms with Crippen LogP contribution in [0.1, 0.15) is 35.3 Å². The van der Waals surface area contributed by atoms with Crippen LogP contribution in [0.15, 0.2) is 23.3 Å². The van der Waals surface area contributed by atoms with Crippen LogP contribution in [0.5, 0.6) is 0 Å². The molecule has 0 bridgehead atoms. The third-order valence-electron chi connectivity index (χ3n) is 2.41. The summed E-state index contributed by atoms with van der Waals surface area (Å²) >= 11 is 0. The minimum Gasteiger partial charge on any atom is -0.477 e. The molecule has 0 saturated carbocycles. The van der Waals surface area contributed by atoms with Gasteiger partial charge in [0.1, 0.15) is 5.56 Å². The number of nitro benzene ring substituents is 1. The van der Waals surface area contributed by atoms with Gasteiger partial charge in [-0.1, -0.05) is 18.1 Å². The molecule has 0 spiro atoms. The number of aromatic carboxylic acids is 1.